The monoisotopic (exact) mass is 503 g/mol. The fourth-order valence-electron chi connectivity index (χ4n) is 3.55. The molecule has 1 aliphatic rings. The molecule has 3 aromatic rings. The van der Waals surface area contributed by atoms with E-state index in [-0.39, 0.29) is 29.0 Å². The van der Waals surface area contributed by atoms with Gasteiger partial charge in [0.25, 0.3) is 11.1 Å². The van der Waals surface area contributed by atoms with E-state index in [2.05, 4.69) is 0 Å². The van der Waals surface area contributed by atoms with E-state index in [1.54, 1.807) is 54.6 Å². The van der Waals surface area contributed by atoms with E-state index >= 15 is 0 Å². The minimum Gasteiger partial charge on any atom is -0.493 e. The Balaban J connectivity index is 1.46. The van der Waals surface area contributed by atoms with Crippen molar-refractivity contribution in [3.8, 4) is 17.2 Å². The van der Waals surface area contributed by atoms with Crippen LogP contribution < -0.4 is 14.2 Å². The summed E-state index contributed by atoms with van der Waals surface area (Å²) < 4.78 is 16.7. The van der Waals surface area contributed by atoms with Gasteiger partial charge in [-0.05, 0) is 78.7 Å². The second-order valence-electron chi connectivity index (χ2n) is 8.12. The van der Waals surface area contributed by atoms with Crippen LogP contribution in [-0.4, -0.2) is 42.3 Å². The van der Waals surface area contributed by atoms with Crippen LogP contribution in [0.15, 0.2) is 71.6 Å². The molecule has 0 atom stereocenters. The summed E-state index contributed by atoms with van der Waals surface area (Å²) in [5.41, 5.74) is 3.04. The van der Waals surface area contributed by atoms with Crippen molar-refractivity contribution in [3.05, 3.63) is 93.9 Å². The highest BCUT2D eigenvalue weighted by Gasteiger charge is 2.35. The number of nitrogens with zero attached hydrogens (tertiary/aromatic N) is 1. The first-order valence-electron chi connectivity index (χ1n) is 11.3. The number of hydrogen-bond donors (Lipinski definition) is 0. The Morgan fingerprint density at radius 3 is 2.47 bits per heavy atom. The van der Waals surface area contributed by atoms with Gasteiger partial charge in [0.05, 0.1) is 24.1 Å². The van der Waals surface area contributed by atoms with Gasteiger partial charge in [-0.15, -0.1) is 0 Å². The van der Waals surface area contributed by atoms with E-state index in [0.717, 1.165) is 28.6 Å². The first-order chi connectivity index (χ1) is 17.4. The average molecular weight is 504 g/mol. The average Bonchev–Trinajstić information content (AvgIpc) is 3.14. The fourth-order valence-corrected chi connectivity index (χ4v) is 4.41. The van der Waals surface area contributed by atoms with E-state index in [4.69, 9.17) is 14.2 Å². The normalized spacial score (nSPS) is 14.3. The van der Waals surface area contributed by atoms with Crippen molar-refractivity contribution in [2.24, 2.45) is 0 Å². The number of methoxy groups -OCH3 is 1. The zero-order valence-corrected chi connectivity index (χ0v) is 21.0. The van der Waals surface area contributed by atoms with Crippen molar-refractivity contribution >= 4 is 35.0 Å². The number of rotatable bonds is 8. The smallest absolute Gasteiger partial charge is 0.343 e. The lowest BCUT2D eigenvalue weighted by Gasteiger charge is -2.14. The van der Waals surface area contributed by atoms with Gasteiger partial charge in [0.2, 0.25) is 0 Å². The van der Waals surface area contributed by atoms with Crippen molar-refractivity contribution in [2.75, 3.05) is 20.3 Å². The van der Waals surface area contributed by atoms with Gasteiger partial charge in [0, 0.05) is 0 Å². The lowest BCUT2D eigenvalue weighted by Crippen LogP contribution is -2.32. The molecule has 2 amide bonds. The van der Waals surface area contributed by atoms with Crippen LogP contribution >= 0.6 is 11.8 Å². The molecule has 1 fully saturated rings. The predicted octanol–water partition coefficient (Wildman–Crippen LogP) is 5.65. The van der Waals surface area contributed by atoms with Gasteiger partial charge < -0.3 is 14.2 Å². The van der Waals surface area contributed by atoms with Crippen LogP contribution in [0.2, 0.25) is 0 Å². The fraction of sp³-hybridized carbons (Fsp3) is 0.179. The van der Waals surface area contributed by atoms with E-state index < -0.39 is 11.9 Å². The van der Waals surface area contributed by atoms with Gasteiger partial charge in [-0.25, -0.2) is 4.79 Å². The summed E-state index contributed by atoms with van der Waals surface area (Å²) in [6, 6.07) is 19.4. The Labute approximate surface area is 213 Å². The van der Waals surface area contributed by atoms with Crippen molar-refractivity contribution in [1.82, 2.24) is 4.90 Å². The summed E-state index contributed by atoms with van der Waals surface area (Å²) in [7, 11) is 1.47. The lowest BCUT2D eigenvalue weighted by atomic mass is 10.1. The van der Waals surface area contributed by atoms with Crippen LogP contribution in [0.5, 0.6) is 17.2 Å². The van der Waals surface area contributed by atoms with E-state index in [1.807, 2.05) is 32.0 Å². The van der Waals surface area contributed by atoms with E-state index in [9.17, 15) is 14.4 Å². The third-order valence-electron chi connectivity index (χ3n) is 5.49. The number of carbonyl (C=O) groups excluding carboxylic acids is 3. The molecule has 1 saturated heterocycles. The molecule has 0 aromatic heterocycles. The molecule has 3 aromatic carbocycles. The summed E-state index contributed by atoms with van der Waals surface area (Å²) in [6.45, 7) is 4.24. The molecule has 8 heteroatoms. The van der Waals surface area contributed by atoms with Crippen LogP contribution in [0.1, 0.15) is 27.0 Å². The van der Waals surface area contributed by atoms with Gasteiger partial charge in [-0.1, -0.05) is 36.4 Å². The molecule has 0 spiro atoms. The molecule has 7 nitrogen and oxygen atoms in total. The number of esters is 1. The molecular weight excluding hydrogens is 478 g/mol. The number of thioether (sulfide) groups is 1. The number of hydrogen-bond acceptors (Lipinski definition) is 7. The first-order valence-corrected chi connectivity index (χ1v) is 12.1. The van der Waals surface area contributed by atoms with Crippen LogP contribution in [0.4, 0.5) is 4.79 Å². The molecule has 1 heterocycles. The number of carbonyl (C=O) groups is 3. The molecule has 0 saturated carbocycles. The molecular formula is C28H25NO6S. The highest BCUT2D eigenvalue weighted by molar-refractivity contribution is 8.18. The van der Waals surface area contributed by atoms with Crippen molar-refractivity contribution in [1.29, 1.82) is 0 Å². The third-order valence-corrected chi connectivity index (χ3v) is 6.39. The quantitative estimate of drug-likeness (QED) is 0.223. The van der Waals surface area contributed by atoms with Crippen molar-refractivity contribution in [3.63, 3.8) is 0 Å². The van der Waals surface area contributed by atoms with Crippen LogP contribution in [-0.2, 0) is 4.79 Å². The standard InChI is InChI=1S/C28H25NO6S/c1-18-9-10-19(2)23(15-18)34-14-13-29-26(30)25(36-28(29)32)17-20-11-12-22(33-3)24(16-20)35-27(31)21-7-5-4-6-8-21/h4-12,15-17H,13-14H2,1-3H3/b25-17-. The van der Waals surface area contributed by atoms with Crippen LogP contribution in [0, 0.1) is 13.8 Å². The molecule has 0 N–H and O–H groups in total. The Hall–Kier alpha value is -4.04. The summed E-state index contributed by atoms with van der Waals surface area (Å²) in [4.78, 5) is 39.4. The van der Waals surface area contributed by atoms with Gasteiger partial charge in [0.1, 0.15) is 12.4 Å². The zero-order valence-electron chi connectivity index (χ0n) is 20.1. The molecule has 1 aliphatic heterocycles. The lowest BCUT2D eigenvalue weighted by molar-refractivity contribution is -0.123. The zero-order chi connectivity index (χ0) is 25.7. The number of imide groups is 1. The molecule has 0 radical (unpaired) electrons. The second-order valence-corrected chi connectivity index (χ2v) is 9.11. The topological polar surface area (TPSA) is 82.1 Å². The largest absolute Gasteiger partial charge is 0.493 e. The first kappa shape index (κ1) is 25.1. The predicted molar refractivity (Wildman–Crippen MR) is 138 cm³/mol. The van der Waals surface area contributed by atoms with Gasteiger partial charge in [0.15, 0.2) is 11.5 Å². The maximum absolute atomic E-state index is 12.9. The Kier molecular flexibility index (Phi) is 7.75. The maximum atomic E-state index is 12.9. The molecule has 4 rings (SSSR count). The summed E-state index contributed by atoms with van der Waals surface area (Å²) in [5, 5.41) is -0.361. The summed E-state index contributed by atoms with van der Waals surface area (Å²) in [6.07, 6.45) is 1.59. The highest BCUT2D eigenvalue weighted by atomic mass is 32.2. The summed E-state index contributed by atoms with van der Waals surface area (Å²) >= 11 is 0.859. The van der Waals surface area contributed by atoms with E-state index in [0.29, 0.717) is 16.9 Å². The molecule has 36 heavy (non-hydrogen) atoms. The molecule has 0 unspecified atom stereocenters. The molecule has 0 aliphatic carbocycles. The highest BCUT2D eigenvalue weighted by Crippen LogP contribution is 2.35. The SMILES string of the molecule is COc1ccc(/C=C2\SC(=O)N(CCOc3cc(C)ccc3C)C2=O)cc1OC(=O)c1ccccc1. The minimum absolute atomic E-state index is 0.137. The number of aryl methyl sites for hydroxylation is 2. The Bertz CT molecular complexity index is 1340. The summed E-state index contributed by atoms with van der Waals surface area (Å²) in [5.74, 6) is 0.381. The Morgan fingerprint density at radius 1 is 0.944 bits per heavy atom. The number of ether oxygens (including phenoxy) is 3. The molecule has 184 valence electrons. The van der Waals surface area contributed by atoms with Crippen LogP contribution in [0.25, 0.3) is 6.08 Å². The third kappa shape index (κ3) is 5.78. The minimum atomic E-state index is -0.532. The van der Waals surface area contributed by atoms with Crippen molar-refractivity contribution in [2.45, 2.75) is 13.8 Å². The number of amides is 2. The maximum Gasteiger partial charge on any atom is 0.343 e. The van der Waals surface area contributed by atoms with Gasteiger partial charge in [-0.3, -0.25) is 14.5 Å². The number of benzene rings is 3. The molecule has 0 bridgehead atoms. The Morgan fingerprint density at radius 2 is 1.72 bits per heavy atom. The van der Waals surface area contributed by atoms with Crippen LogP contribution in [0.3, 0.4) is 0 Å². The van der Waals surface area contributed by atoms with Gasteiger partial charge in [-0.2, -0.15) is 0 Å². The second kappa shape index (κ2) is 11.1. The van der Waals surface area contributed by atoms with Crippen molar-refractivity contribution < 1.29 is 28.6 Å². The van der Waals surface area contributed by atoms with Gasteiger partial charge >= 0.3 is 5.97 Å². The van der Waals surface area contributed by atoms with E-state index in [1.165, 1.54) is 12.0 Å².